The van der Waals surface area contributed by atoms with Crippen LogP contribution < -0.4 is 9.47 Å². The van der Waals surface area contributed by atoms with Gasteiger partial charge in [0.15, 0.2) is 11.5 Å². The van der Waals surface area contributed by atoms with Crippen LogP contribution in [0.5, 0.6) is 11.5 Å². The van der Waals surface area contributed by atoms with Crippen LogP contribution in [0.15, 0.2) is 18.2 Å². The molecule has 0 atom stereocenters. The molecule has 3 nitrogen and oxygen atoms in total. The topological polar surface area (TPSA) is 35.5 Å². The molecule has 0 spiro atoms. The van der Waals surface area contributed by atoms with Gasteiger partial charge >= 0.3 is 0 Å². The minimum atomic E-state index is 0.339. The number of hydrogen-bond acceptors (Lipinski definition) is 3. The molecule has 0 saturated heterocycles. The Morgan fingerprint density at radius 3 is 2.71 bits per heavy atom. The first kappa shape index (κ1) is 9.06. The minimum Gasteiger partial charge on any atom is -0.493 e. The third-order valence-electron chi connectivity index (χ3n) is 2.14. The monoisotopic (exact) mass is 192 g/mol. The molecule has 1 saturated carbocycles. The Hall–Kier alpha value is -1.51. The number of aldehydes is 1. The Balaban J connectivity index is 2.23. The third-order valence-corrected chi connectivity index (χ3v) is 2.14. The van der Waals surface area contributed by atoms with Crippen molar-refractivity contribution in [2.24, 2.45) is 0 Å². The van der Waals surface area contributed by atoms with Crippen LogP contribution in [0.4, 0.5) is 0 Å². The Kier molecular flexibility index (Phi) is 2.39. The van der Waals surface area contributed by atoms with E-state index in [0.717, 1.165) is 24.9 Å². The molecule has 0 N–H and O–H groups in total. The molecule has 74 valence electrons. The van der Waals surface area contributed by atoms with Gasteiger partial charge in [-0.05, 0) is 31.0 Å². The van der Waals surface area contributed by atoms with E-state index in [-0.39, 0.29) is 0 Å². The second kappa shape index (κ2) is 3.70. The molecule has 0 radical (unpaired) electrons. The van der Waals surface area contributed by atoms with Crippen LogP contribution in [0.2, 0.25) is 0 Å². The number of benzene rings is 1. The number of carbonyl (C=O) groups is 1. The molecule has 0 heterocycles. The summed E-state index contributed by atoms with van der Waals surface area (Å²) >= 11 is 0. The highest BCUT2D eigenvalue weighted by molar-refractivity contribution is 5.76. The van der Waals surface area contributed by atoms with Gasteiger partial charge in [0.25, 0.3) is 0 Å². The van der Waals surface area contributed by atoms with Gasteiger partial charge in [0.2, 0.25) is 0 Å². The lowest BCUT2D eigenvalue weighted by molar-refractivity contribution is 0.112. The Morgan fingerprint density at radius 1 is 1.36 bits per heavy atom. The summed E-state index contributed by atoms with van der Waals surface area (Å²) in [7, 11) is 1.57. The van der Waals surface area contributed by atoms with E-state index in [0.29, 0.717) is 17.4 Å². The average molecular weight is 192 g/mol. The molecule has 0 amide bonds. The quantitative estimate of drug-likeness (QED) is 0.685. The van der Waals surface area contributed by atoms with Gasteiger partial charge in [0.05, 0.1) is 13.2 Å². The standard InChI is InChI=1S/C11H12O3/c1-13-11-6-8(7-12)2-5-10(11)14-9-3-4-9/h2,5-7,9H,3-4H2,1H3. The van der Waals surface area contributed by atoms with Crippen LogP contribution in [-0.4, -0.2) is 19.5 Å². The lowest BCUT2D eigenvalue weighted by atomic mass is 10.2. The molecule has 0 aliphatic heterocycles. The van der Waals surface area contributed by atoms with Crippen molar-refractivity contribution in [3.05, 3.63) is 23.8 Å². The summed E-state index contributed by atoms with van der Waals surface area (Å²) in [6, 6.07) is 5.19. The Morgan fingerprint density at radius 2 is 2.14 bits per heavy atom. The van der Waals surface area contributed by atoms with E-state index in [1.165, 1.54) is 0 Å². The van der Waals surface area contributed by atoms with Crippen molar-refractivity contribution in [1.82, 2.24) is 0 Å². The molecule has 1 aliphatic carbocycles. The van der Waals surface area contributed by atoms with E-state index < -0.39 is 0 Å². The summed E-state index contributed by atoms with van der Waals surface area (Å²) in [6.45, 7) is 0. The molecule has 1 aromatic carbocycles. The predicted octanol–water partition coefficient (Wildman–Crippen LogP) is 2.05. The van der Waals surface area contributed by atoms with Crippen LogP contribution in [0, 0.1) is 0 Å². The van der Waals surface area contributed by atoms with E-state index in [4.69, 9.17) is 9.47 Å². The Labute approximate surface area is 82.6 Å². The maximum atomic E-state index is 10.5. The number of methoxy groups -OCH3 is 1. The van der Waals surface area contributed by atoms with Crippen molar-refractivity contribution in [3.63, 3.8) is 0 Å². The molecule has 3 heteroatoms. The third kappa shape index (κ3) is 1.87. The normalized spacial score (nSPS) is 14.9. The second-order valence-corrected chi connectivity index (χ2v) is 3.35. The molecule has 1 aromatic rings. The van der Waals surface area contributed by atoms with E-state index in [1.807, 2.05) is 0 Å². The summed E-state index contributed by atoms with van der Waals surface area (Å²) in [5.74, 6) is 1.35. The molecule has 0 aromatic heterocycles. The molecule has 14 heavy (non-hydrogen) atoms. The van der Waals surface area contributed by atoms with Gasteiger partial charge in [-0.2, -0.15) is 0 Å². The van der Waals surface area contributed by atoms with Gasteiger partial charge in [-0.25, -0.2) is 0 Å². The summed E-state index contributed by atoms with van der Waals surface area (Å²) in [5, 5.41) is 0. The number of hydrogen-bond donors (Lipinski definition) is 0. The van der Waals surface area contributed by atoms with Crippen molar-refractivity contribution in [1.29, 1.82) is 0 Å². The molecular weight excluding hydrogens is 180 g/mol. The van der Waals surface area contributed by atoms with Crippen LogP contribution >= 0.6 is 0 Å². The fourth-order valence-corrected chi connectivity index (χ4v) is 1.22. The molecular formula is C11H12O3. The Bertz CT molecular complexity index is 342. The minimum absolute atomic E-state index is 0.339. The van der Waals surface area contributed by atoms with Gasteiger partial charge in [-0.15, -0.1) is 0 Å². The summed E-state index contributed by atoms with van der Waals surface area (Å²) in [5.41, 5.74) is 0.602. The van der Waals surface area contributed by atoms with E-state index in [2.05, 4.69) is 0 Å². The van der Waals surface area contributed by atoms with E-state index in [1.54, 1.807) is 25.3 Å². The summed E-state index contributed by atoms with van der Waals surface area (Å²) in [6.07, 6.45) is 3.35. The van der Waals surface area contributed by atoms with Crippen LogP contribution in [0.25, 0.3) is 0 Å². The molecule has 2 rings (SSSR count). The van der Waals surface area contributed by atoms with Crippen molar-refractivity contribution in [2.45, 2.75) is 18.9 Å². The zero-order valence-electron chi connectivity index (χ0n) is 8.03. The van der Waals surface area contributed by atoms with Gasteiger partial charge in [-0.1, -0.05) is 0 Å². The van der Waals surface area contributed by atoms with Gasteiger partial charge in [0, 0.05) is 5.56 Å². The lowest BCUT2D eigenvalue weighted by Gasteiger charge is -2.09. The van der Waals surface area contributed by atoms with Crippen molar-refractivity contribution in [3.8, 4) is 11.5 Å². The number of ether oxygens (including phenoxy) is 2. The second-order valence-electron chi connectivity index (χ2n) is 3.35. The first-order valence-electron chi connectivity index (χ1n) is 4.63. The molecule has 0 bridgehead atoms. The lowest BCUT2D eigenvalue weighted by Crippen LogP contribution is -1.98. The summed E-state index contributed by atoms with van der Waals surface area (Å²) in [4.78, 5) is 10.5. The first-order valence-corrected chi connectivity index (χ1v) is 4.63. The first-order chi connectivity index (χ1) is 6.83. The highest BCUT2D eigenvalue weighted by Crippen LogP contribution is 2.33. The maximum absolute atomic E-state index is 10.5. The largest absolute Gasteiger partial charge is 0.493 e. The fraction of sp³-hybridized carbons (Fsp3) is 0.364. The van der Waals surface area contributed by atoms with Crippen molar-refractivity contribution < 1.29 is 14.3 Å². The highest BCUT2D eigenvalue weighted by atomic mass is 16.5. The molecule has 0 unspecified atom stereocenters. The van der Waals surface area contributed by atoms with E-state index >= 15 is 0 Å². The van der Waals surface area contributed by atoms with Crippen molar-refractivity contribution >= 4 is 6.29 Å². The zero-order valence-corrected chi connectivity index (χ0v) is 8.03. The highest BCUT2D eigenvalue weighted by Gasteiger charge is 2.24. The van der Waals surface area contributed by atoms with Gasteiger partial charge in [-0.3, -0.25) is 4.79 Å². The maximum Gasteiger partial charge on any atom is 0.161 e. The van der Waals surface area contributed by atoms with Crippen LogP contribution in [-0.2, 0) is 0 Å². The fourth-order valence-electron chi connectivity index (χ4n) is 1.22. The number of rotatable bonds is 4. The van der Waals surface area contributed by atoms with Gasteiger partial charge < -0.3 is 9.47 Å². The smallest absolute Gasteiger partial charge is 0.161 e. The summed E-state index contributed by atoms with van der Waals surface area (Å²) < 4.78 is 10.7. The SMILES string of the molecule is COc1cc(C=O)ccc1OC1CC1. The number of carbonyl (C=O) groups excluding carboxylic acids is 1. The van der Waals surface area contributed by atoms with Crippen LogP contribution in [0.1, 0.15) is 23.2 Å². The zero-order chi connectivity index (χ0) is 9.97. The van der Waals surface area contributed by atoms with E-state index in [9.17, 15) is 4.79 Å². The van der Waals surface area contributed by atoms with Crippen molar-refractivity contribution in [2.75, 3.05) is 7.11 Å². The van der Waals surface area contributed by atoms with Gasteiger partial charge in [0.1, 0.15) is 6.29 Å². The van der Waals surface area contributed by atoms with Crippen LogP contribution in [0.3, 0.4) is 0 Å². The average Bonchev–Trinajstić information content (AvgIpc) is 3.02. The molecule has 1 fully saturated rings. The molecule has 1 aliphatic rings. The predicted molar refractivity (Wildman–Crippen MR) is 52.0 cm³/mol.